The molecule has 0 amide bonds. The molecule has 24 heavy (non-hydrogen) atoms. The average Bonchev–Trinajstić information content (AvgIpc) is 2.52. The number of nitro groups is 2. The van der Waals surface area contributed by atoms with Gasteiger partial charge in [0.2, 0.25) is 0 Å². The Kier molecular flexibility index (Phi) is 4.61. The standard InChI is InChI=1S/C12H8N4O7S/c17-15(18)9-3-1-8(2-4-9)13-14-11-6-5-10(16(19)20)7-12(11)24(21,22)23/h1-7H,(H,21,22,23). The maximum Gasteiger partial charge on any atom is 0.297 e. The fourth-order valence-electron chi connectivity index (χ4n) is 1.66. The Labute approximate surface area is 134 Å². The first-order valence-electron chi connectivity index (χ1n) is 6.10. The minimum atomic E-state index is -4.76. The van der Waals surface area contributed by atoms with E-state index < -0.39 is 30.5 Å². The summed E-state index contributed by atoms with van der Waals surface area (Å²) < 4.78 is 31.8. The highest BCUT2D eigenvalue weighted by molar-refractivity contribution is 7.86. The smallest absolute Gasteiger partial charge is 0.282 e. The maximum atomic E-state index is 11.3. The molecule has 0 radical (unpaired) electrons. The van der Waals surface area contributed by atoms with E-state index in [9.17, 15) is 28.6 Å². The third-order valence-electron chi connectivity index (χ3n) is 2.77. The van der Waals surface area contributed by atoms with Crippen molar-refractivity contribution in [1.82, 2.24) is 0 Å². The molecule has 0 saturated carbocycles. The van der Waals surface area contributed by atoms with Crippen molar-refractivity contribution in [2.75, 3.05) is 0 Å². The molecular formula is C12H8N4O7S. The minimum absolute atomic E-state index is 0.164. The second-order valence-electron chi connectivity index (χ2n) is 4.36. The van der Waals surface area contributed by atoms with E-state index in [1.807, 2.05) is 0 Å². The maximum absolute atomic E-state index is 11.3. The molecule has 0 aliphatic rings. The van der Waals surface area contributed by atoms with Crippen molar-refractivity contribution >= 4 is 32.9 Å². The van der Waals surface area contributed by atoms with E-state index in [0.29, 0.717) is 6.07 Å². The van der Waals surface area contributed by atoms with Crippen LogP contribution in [0.15, 0.2) is 57.6 Å². The van der Waals surface area contributed by atoms with E-state index in [1.165, 1.54) is 24.3 Å². The first kappa shape index (κ1) is 17.1. The second-order valence-corrected chi connectivity index (χ2v) is 5.75. The highest BCUT2D eigenvalue weighted by Crippen LogP contribution is 2.30. The minimum Gasteiger partial charge on any atom is -0.282 e. The van der Waals surface area contributed by atoms with Crippen LogP contribution in [-0.4, -0.2) is 22.8 Å². The molecule has 0 spiro atoms. The van der Waals surface area contributed by atoms with Crippen molar-refractivity contribution in [3.05, 3.63) is 62.7 Å². The van der Waals surface area contributed by atoms with Gasteiger partial charge in [0.15, 0.2) is 0 Å². The van der Waals surface area contributed by atoms with Gasteiger partial charge < -0.3 is 0 Å². The van der Waals surface area contributed by atoms with Gasteiger partial charge in [0.25, 0.3) is 21.5 Å². The summed E-state index contributed by atoms with van der Waals surface area (Å²) in [6, 6.07) is 7.57. The van der Waals surface area contributed by atoms with Gasteiger partial charge in [0, 0.05) is 24.3 Å². The van der Waals surface area contributed by atoms with Crippen LogP contribution < -0.4 is 0 Å². The number of hydrogen-bond donors (Lipinski definition) is 1. The van der Waals surface area contributed by atoms with Gasteiger partial charge in [-0.05, 0) is 18.2 Å². The van der Waals surface area contributed by atoms with Crippen molar-refractivity contribution in [2.45, 2.75) is 4.90 Å². The highest BCUT2D eigenvalue weighted by Gasteiger charge is 2.20. The van der Waals surface area contributed by atoms with Crippen molar-refractivity contribution in [3.63, 3.8) is 0 Å². The monoisotopic (exact) mass is 352 g/mol. The Morgan fingerprint density at radius 3 is 1.92 bits per heavy atom. The Balaban J connectivity index is 2.41. The lowest BCUT2D eigenvalue weighted by atomic mass is 10.3. The van der Waals surface area contributed by atoms with Crippen molar-refractivity contribution in [1.29, 1.82) is 0 Å². The Morgan fingerprint density at radius 2 is 1.42 bits per heavy atom. The zero-order chi connectivity index (χ0) is 17.9. The summed E-state index contributed by atoms with van der Waals surface area (Å²) in [5.74, 6) is 0. The number of nitrogens with zero attached hydrogens (tertiary/aromatic N) is 4. The molecule has 2 aromatic rings. The van der Waals surface area contributed by atoms with E-state index in [0.717, 1.165) is 12.1 Å². The number of nitro benzene ring substituents is 2. The van der Waals surface area contributed by atoms with Crippen LogP contribution >= 0.6 is 0 Å². The van der Waals surface area contributed by atoms with E-state index in [-0.39, 0.29) is 17.1 Å². The van der Waals surface area contributed by atoms with Crippen molar-refractivity contribution < 1.29 is 22.8 Å². The molecule has 0 bridgehead atoms. The molecule has 0 aliphatic heterocycles. The Bertz CT molecular complexity index is 938. The van der Waals surface area contributed by atoms with Gasteiger partial charge in [-0.1, -0.05) is 0 Å². The zero-order valence-electron chi connectivity index (χ0n) is 11.6. The third kappa shape index (κ3) is 3.93. The van der Waals surface area contributed by atoms with E-state index in [1.54, 1.807) is 0 Å². The summed E-state index contributed by atoms with van der Waals surface area (Å²) in [6.07, 6.45) is 0. The lowest BCUT2D eigenvalue weighted by Crippen LogP contribution is -2.00. The van der Waals surface area contributed by atoms with Crippen LogP contribution in [-0.2, 0) is 10.1 Å². The molecule has 0 atom stereocenters. The highest BCUT2D eigenvalue weighted by atomic mass is 32.2. The number of benzene rings is 2. The van der Waals surface area contributed by atoms with Gasteiger partial charge in [-0.3, -0.25) is 24.8 Å². The zero-order valence-corrected chi connectivity index (χ0v) is 12.5. The summed E-state index contributed by atoms with van der Waals surface area (Å²) in [7, 11) is -4.76. The largest absolute Gasteiger partial charge is 0.297 e. The van der Waals surface area contributed by atoms with E-state index >= 15 is 0 Å². The summed E-state index contributed by atoms with van der Waals surface area (Å²) in [6.45, 7) is 0. The van der Waals surface area contributed by atoms with Gasteiger partial charge in [0.05, 0.1) is 15.5 Å². The van der Waals surface area contributed by atoms with E-state index in [4.69, 9.17) is 4.55 Å². The number of azo groups is 1. The third-order valence-corrected chi connectivity index (χ3v) is 3.65. The van der Waals surface area contributed by atoms with Crippen molar-refractivity contribution in [2.24, 2.45) is 10.2 Å². The van der Waals surface area contributed by atoms with Gasteiger partial charge in [-0.2, -0.15) is 13.5 Å². The van der Waals surface area contributed by atoms with Crippen LogP contribution in [0.3, 0.4) is 0 Å². The topological polar surface area (TPSA) is 165 Å². The molecule has 2 rings (SSSR count). The number of non-ortho nitro benzene ring substituents is 2. The molecule has 0 aromatic heterocycles. The lowest BCUT2D eigenvalue weighted by Gasteiger charge is -2.01. The first-order chi connectivity index (χ1) is 11.2. The second kappa shape index (κ2) is 6.47. The predicted molar refractivity (Wildman–Crippen MR) is 80.2 cm³/mol. The molecule has 1 N–H and O–H groups in total. The molecule has 11 nitrogen and oxygen atoms in total. The molecule has 0 unspecified atom stereocenters. The Hall–Kier alpha value is -3.25. The van der Waals surface area contributed by atoms with Gasteiger partial charge in [-0.25, -0.2) is 0 Å². The fraction of sp³-hybridized carbons (Fsp3) is 0. The Morgan fingerprint density at radius 1 is 0.875 bits per heavy atom. The van der Waals surface area contributed by atoms with Gasteiger partial charge >= 0.3 is 0 Å². The van der Waals surface area contributed by atoms with Crippen LogP contribution in [0.25, 0.3) is 0 Å². The summed E-state index contributed by atoms with van der Waals surface area (Å²) in [5, 5.41) is 28.5. The SMILES string of the molecule is O=[N+]([O-])c1ccc(N=Nc2ccc([N+](=O)[O-])cc2S(=O)(=O)O)cc1. The molecule has 0 aliphatic carbocycles. The lowest BCUT2D eigenvalue weighted by molar-refractivity contribution is -0.385. The molecule has 2 aromatic carbocycles. The fourth-order valence-corrected chi connectivity index (χ4v) is 2.30. The van der Waals surface area contributed by atoms with Crippen molar-refractivity contribution in [3.8, 4) is 0 Å². The average molecular weight is 352 g/mol. The number of rotatable bonds is 5. The van der Waals surface area contributed by atoms with Crippen LogP contribution in [0.5, 0.6) is 0 Å². The molecule has 12 heteroatoms. The van der Waals surface area contributed by atoms with Gasteiger partial charge in [-0.15, -0.1) is 5.11 Å². The molecule has 0 heterocycles. The summed E-state index contributed by atoms with van der Waals surface area (Å²) >= 11 is 0. The molecule has 0 saturated heterocycles. The first-order valence-corrected chi connectivity index (χ1v) is 7.54. The van der Waals surface area contributed by atoms with Crippen LogP contribution in [0, 0.1) is 20.2 Å². The number of hydrogen-bond acceptors (Lipinski definition) is 8. The molecular weight excluding hydrogens is 344 g/mol. The van der Waals surface area contributed by atoms with Crippen LogP contribution in [0.4, 0.5) is 22.7 Å². The normalized spacial score (nSPS) is 11.5. The molecule has 0 fully saturated rings. The summed E-state index contributed by atoms with van der Waals surface area (Å²) in [4.78, 5) is 19.0. The predicted octanol–water partition coefficient (Wildman–Crippen LogP) is 3.17. The van der Waals surface area contributed by atoms with E-state index in [2.05, 4.69) is 10.2 Å². The van der Waals surface area contributed by atoms with Crippen LogP contribution in [0.2, 0.25) is 0 Å². The summed E-state index contributed by atoms with van der Waals surface area (Å²) in [5.41, 5.74) is -0.846. The quantitative estimate of drug-likeness (QED) is 0.373. The van der Waals surface area contributed by atoms with Gasteiger partial charge in [0.1, 0.15) is 10.6 Å². The van der Waals surface area contributed by atoms with Crippen LogP contribution in [0.1, 0.15) is 0 Å². The molecule has 124 valence electrons.